The van der Waals surface area contributed by atoms with Gasteiger partial charge in [0.2, 0.25) is 11.7 Å². The summed E-state index contributed by atoms with van der Waals surface area (Å²) < 4.78 is 11.2. The maximum absolute atomic E-state index is 12.9. The molecule has 142 valence electrons. The summed E-state index contributed by atoms with van der Waals surface area (Å²) >= 11 is 7.68. The van der Waals surface area contributed by atoms with E-state index < -0.39 is 6.10 Å². The summed E-state index contributed by atoms with van der Waals surface area (Å²) in [5.74, 6) is 1.27. The van der Waals surface area contributed by atoms with Crippen LogP contribution in [0, 0.1) is 0 Å². The number of hydrogen-bond donors (Lipinski definition) is 0. The number of halogens is 1. The van der Waals surface area contributed by atoms with Gasteiger partial charge in [-0.3, -0.25) is 4.79 Å². The first-order chi connectivity index (χ1) is 13.1. The third-order valence-corrected chi connectivity index (χ3v) is 5.16. The molecule has 0 saturated heterocycles. The van der Waals surface area contributed by atoms with Crippen LogP contribution in [0.3, 0.4) is 0 Å². The summed E-state index contributed by atoms with van der Waals surface area (Å²) in [6, 6.07) is 11.0. The molecule has 0 aliphatic carbocycles. The van der Waals surface area contributed by atoms with Gasteiger partial charge in [0.25, 0.3) is 5.91 Å². The number of hydrogen-bond acceptors (Lipinski definition) is 6. The lowest BCUT2D eigenvalue weighted by atomic mass is 10.2. The lowest BCUT2D eigenvalue weighted by molar-refractivity contribution is -0.139. The molecule has 0 N–H and O–H groups in total. The smallest absolute Gasteiger partial charge is 0.264 e. The van der Waals surface area contributed by atoms with Crippen molar-refractivity contribution in [2.45, 2.75) is 32.9 Å². The summed E-state index contributed by atoms with van der Waals surface area (Å²) in [5.41, 5.74) is 0. The van der Waals surface area contributed by atoms with Crippen molar-refractivity contribution >= 4 is 28.8 Å². The van der Waals surface area contributed by atoms with Crippen LogP contribution < -0.4 is 4.74 Å². The number of ether oxygens (including phenoxy) is 1. The van der Waals surface area contributed by atoms with E-state index in [9.17, 15) is 4.79 Å². The Kier molecular flexibility index (Phi) is 6.47. The summed E-state index contributed by atoms with van der Waals surface area (Å²) in [5, 5.41) is 6.41. The number of amides is 1. The van der Waals surface area contributed by atoms with Gasteiger partial charge in [-0.1, -0.05) is 41.9 Å². The first-order valence-electron chi connectivity index (χ1n) is 8.68. The highest BCUT2D eigenvalue weighted by atomic mass is 35.5. The highest BCUT2D eigenvalue weighted by Gasteiger charge is 2.26. The van der Waals surface area contributed by atoms with E-state index in [4.69, 9.17) is 20.9 Å². The molecule has 0 radical (unpaired) electrons. The van der Waals surface area contributed by atoms with Crippen LogP contribution in [0.2, 0.25) is 5.02 Å². The number of carbonyl (C=O) groups is 1. The molecule has 0 aliphatic heterocycles. The van der Waals surface area contributed by atoms with E-state index >= 15 is 0 Å². The summed E-state index contributed by atoms with van der Waals surface area (Å²) in [6.07, 6.45) is -0.116. The van der Waals surface area contributed by atoms with E-state index in [0.29, 0.717) is 35.5 Å². The summed E-state index contributed by atoms with van der Waals surface area (Å²) in [4.78, 5) is 19.9. The molecule has 27 heavy (non-hydrogen) atoms. The summed E-state index contributed by atoms with van der Waals surface area (Å²) in [6.45, 7) is 4.53. The third-order valence-electron chi connectivity index (χ3n) is 3.98. The lowest BCUT2D eigenvalue weighted by Crippen LogP contribution is -2.41. The molecule has 0 spiro atoms. The number of para-hydroxylation sites is 1. The fourth-order valence-electron chi connectivity index (χ4n) is 2.54. The maximum Gasteiger partial charge on any atom is 0.264 e. The molecule has 3 aromatic rings. The van der Waals surface area contributed by atoms with Gasteiger partial charge < -0.3 is 14.2 Å². The SMILES string of the molecule is CC[C@H](Oc1ccccc1Cl)C(=O)N(CC)Cc1nc(-c2cccs2)no1. The van der Waals surface area contributed by atoms with E-state index in [1.807, 2.05) is 43.5 Å². The van der Waals surface area contributed by atoms with E-state index in [1.165, 1.54) is 11.3 Å². The largest absolute Gasteiger partial charge is 0.479 e. The average Bonchev–Trinajstić information content (AvgIpc) is 3.36. The minimum absolute atomic E-state index is 0.143. The standard InChI is InChI=1S/C19H20ClN3O3S/c1-3-14(25-15-9-6-5-8-13(15)20)19(24)23(4-2)12-17-21-18(22-26-17)16-10-7-11-27-16/h5-11,14H,3-4,12H2,1-2H3/t14-/m0/s1. The second-order valence-corrected chi connectivity index (χ2v) is 7.14. The predicted molar refractivity (Wildman–Crippen MR) is 105 cm³/mol. The molecule has 0 saturated carbocycles. The van der Waals surface area contributed by atoms with E-state index in [1.54, 1.807) is 17.0 Å². The predicted octanol–water partition coefficient (Wildman–Crippen LogP) is 4.66. The Hall–Kier alpha value is -2.38. The molecule has 0 fully saturated rings. The minimum atomic E-state index is -0.635. The quantitative estimate of drug-likeness (QED) is 0.545. The molecule has 6 nitrogen and oxygen atoms in total. The maximum atomic E-state index is 12.9. The van der Waals surface area contributed by atoms with Gasteiger partial charge >= 0.3 is 0 Å². The van der Waals surface area contributed by atoms with Crippen molar-refractivity contribution in [1.82, 2.24) is 15.0 Å². The van der Waals surface area contributed by atoms with Crippen LogP contribution in [0.5, 0.6) is 5.75 Å². The van der Waals surface area contributed by atoms with Crippen LogP contribution in [0.1, 0.15) is 26.2 Å². The molecule has 1 aromatic carbocycles. The van der Waals surface area contributed by atoms with Crippen LogP contribution in [0.15, 0.2) is 46.3 Å². The monoisotopic (exact) mass is 405 g/mol. The zero-order chi connectivity index (χ0) is 19.2. The number of likely N-dealkylation sites (N-methyl/N-ethyl adjacent to an activating group) is 1. The van der Waals surface area contributed by atoms with Crippen molar-refractivity contribution in [1.29, 1.82) is 0 Å². The molecular weight excluding hydrogens is 386 g/mol. The van der Waals surface area contributed by atoms with Crippen molar-refractivity contribution in [2.24, 2.45) is 0 Å². The Morgan fingerprint density at radius 2 is 2.11 bits per heavy atom. The zero-order valence-corrected chi connectivity index (χ0v) is 16.7. The highest BCUT2D eigenvalue weighted by molar-refractivity contribution is 7.13. The molecule has 1 amide bonds. The third kappa shape index (κ3) is 4.67. The van der Waals surface area contributed by atoms with Gasteiger partial charge in [0.05, 0.1) is 9.90 Å². The van der Waals surface area contributed by atoms with Gasteiger partial charge in [0, 0.05) is 6.54 Å². The van der Waals surface area contributed by atoms with Crippen LogP contribution in [0.4, 0.5) is 0 Å². The molecule has 8 heteroatoms. The fraction of sp³-hybridized carbons (Fsp3) is 0.316. The normalized spacial score (nSPS) is 12.0. The van der Waals surface area contributed by atoms with Crippen molar-refractivity contribution < 1.29 is 14.1 Å². The Morgan fingerprint density at radius 3 is 2.78 bits per heavy atom. The first-order valence-corrected chi connectivity index (χ1v) is 9.94. The van der Waals surface area contributed by atoms with E-state index in [-0.39, 0.29) is 12.5 Å². The van der Waals surface area contributed by atoms with Crippen molar-refractivity contribution in [2.75, 3.05) is 6.54 Å². The first kappa shape index (κ1) is 19.4. The van der Waals surface area contributed by atoms with Gasteiger partial charge in [-0.2, -0.15) is 4.98 Å². The van der Waals surface area contributed by atoms with E-state index in [0.717, 1.165) is 4.88 Å². The van der Waals surface area contributed by atoms with Crippen molar-refractivity contribution in [3.05, 3.63) is 52.7 Å². The number of thiophene rings is 1. The number of carbonyl (C=O) groups excluding carboxylic acids is 1. The highest BCUT2D eigenvalue weighted by Crippen LogP contribution is 2.26. The molecule has 0 bridgehead atoms. The Balaban J connectivity index is 1.70. The molecule has 1 atom stereocenters. The zero-order valence-electron chi connectivity index (χ0n) is 15.1. The number of nitrogens with zero attached hydrogens (tertiary/aromatic N) is 3. The molecule has 2 heterocycles. The van der Waals surface area contributed by atoms with Crippen LogP contribution in [-0.2, 0) is 11.3 Å². The lowest BCUT2D eigenvalue weighted by Gasteiger charge is -2.25. The van der Waals surface area contributed by atoms with Gasteiger partial charge in [0.1, 0.15) is 12.3 Å². The molecule has 2 aromatic heterocycles. The number of benzene rings is 1. The van der Waals surface area contributed by atoms with Gasteiger partial charge in [-0.25, -0.2) is 0 Å². The number of aromatic nitrogens is 2. The minimum Gasteiger partial charge on any atom is -0.479 e. The van der Waals surface area contributed by atoms with Crippen molar-refractivity contribution in [3.63, 3.8) is 0 Å². The Labute approximate surface area is 166 Å². The molecule has 3 rings (SSSR count). The Bertz CT molecular complexity index is 882. The van der Waals surface area contributed by atoms with Crippen LogP contribution in [0.25, 0.3) is 10.7 Å². The second-order valence-electron chi connectivity index (χ2n) is 5.79. The van der Waals surface area contributed by atoms with Gasteiger partial charge in [-0.05, 0) is 36.9 Å². The Morgan fingerprint density at radius 1 is 1.30 bits per heavy atom. The van der Waals surface area contributed by atoms with Crippen LogP contribution >= 0.6 is 22.9 Å². The topological polar surface area (TPSA) is 68.5 Å². The van der Waals surface area contributed by atoms with Gasteiger partial charge in [-0.15, -0.1) is 11.3 Å². The second kappa shape index (κ2) is 9.01. The van der Waals surface area contributed by atoms with Crippen molar-refractivity contribution in [3.8, 4) is 16.5 Å². The average molecular weight is 406 g/mol. The molecule has 0 aliphatic rings. The molecule has 0 unspecified atom stereocenters. The van der Waals surface area contributed by atoms with Crippen LogP contribution in [-0.4, -0.2) is 33.6 Å². The fourth-order valence-corrected chi connectivity index (χ4v) is 3.37. The molecular formula is C19H20ClN3O3S. The summed E-state index contributed by atoms with van der Waals surface area (Å²) in [7, 11) is 0. The van der Waals surface area contributed by atoms with E-state index in [2.05, 4.69) is 10.1 Å². The number of rotatable bonds is 8. The van der Waals surface area contributed by atoms with Gasteiger partial charge in [0.15, 0.2) is 6.10 Å².